The molecule has 13 heteroatoms. The Labute approximate surface area is 257 Å². The zero-order valence-corrected chi connectivity index (χ0v) is 24.8. The molecule has 4 amide bonds. The first-order valence-corrected chi connectivity index (χ1v) is 15.0. The molecule has 2 aromatic carbocycles. The molecule has 2 aromatic rings. The molecule has 0 unspecified atom stereocenters. The Hall–Kier alpha value is -4.06. The molecule has 10 nitrogen and oxygen atoms in total. The van der Waals surface area contributed by atoms with Crippen LogP contribution in [-0.2, 0) is 24.0 Å². The topological polar surface area (TPSA) is 134 Å². The molecule has 3 fully saturated rings. The van der Waals surface area contributed by atoms with Crippen molar-refractivity contribution in [3.63, 3.8) is 0 Å². The fraction of sp³-hybridized carbons (Fsp3) is 0.452. The third-order valence-electron chi connectivity index (χ3n) is 8.78. The number of Topliss-reactive ketones (excluding diaryl/α,β-unsaturated/α-hetero) is 1. The van der Waals surface area contributed by atoms with E-state index in [0.29, 0.717) is 30.6 Å². The highest BCUT2D eigenvalue weighted by atomic mass is 35.5. The second-order valence-electron chi connectivity index (χ2n) is 11.4. The molecule has 0 bridgehead atoms. The minimum Gasteiger partial charge on any atom is -0.482 e. The molecular weight excluding hydrogens is 598 g/mol. The number of carbonyl (C=O) groups excluding carboxylic acids is 5. The van der Waals surface area contributed by atoms with Crippen LogP contribution in [0.25, 0.3) is 11.1 Å². The van der Waals surface area contributed by atoms with Crippen LogP contribution in [0.15, 0.2) is 36.4 Å². The number of hydrogen-bond acceptors (Lipinski definition) is 6. The van der Waals surface area contributed by atoms with Gasteiger partial charge in [-0.2, -0.15) is 0 Å². The van der Waals surface area contributed by atoms with Gasteiger partial charge in [-0.1, -0.05) is 30.2 Å². The lowest BCUT2D eigenvalue weighted by Crippen LogP contribution is -2.55. The quantitative estimate of drug-likeness (QED) is 0.346. The number of fused-ring (bicyclic) bond motifs is 1. The Morgan fingerprint density at radius 3 is 2.50 bits per heavy atom. The molecule has 1 saturated carbocycles. The number of halogens is 3. The van der Waals surface area contributed by atoms with Crippen LogP contribution in [0.4, 0.5) is 8.78 Å². The molecule has 3 N–H and O–H groups in total. The molecule has 5 atom stereocenters. The highest BCUT2D eigenvalue weighted by molar-refractivity contribution is 6.38. The highest BCUT2D eigenvalue weighted by Gasteiger charge is 2.50. The van der Waals surface area contributed by atoms with Crippen molar-refractivity contribution >= 4 is 41.0 Å². The summed E-state index contributed by atoms with van der Waals surface area (Å²) >= 11 is 6.38. The lowest BCUT2D eigenvalue weighted by molar-refractivity contribution is -0.143. The van der Waals surface area contributed by atoms with E-state index >= 15 is 0 Å². The molecule has 44 heavy (non-hydrogen) atoms. The summed E-state index contributed by atoms with van der Waals surface area (Å²) in [5.74, 6) is -5.30. The summed E-state index contributed by atoms with van der Waals surface area (Å²) in [5, 5.41) is 7.82. The maximum absolute atomic E-state index is 13.7. The van der Waals surface area contributed by atoms with Gasteiger partial charge in [0.25, 0.3) is 11.8 Å². The number of amides is 4. The van der Waals surface area contributed by atoms with Crippen molar-refractivity contribution in [1.82, 2.24) is 20.9 Å². The highest BCUT2D eigenvalue weighted by Crippen LogP contribution is 2.42. The molecular formula is C31H33ClF2N4O6. The second kappa shape index (κ2) is 13.3. The average Bonchev–Trinajstić information content (AvgIpc) is 3.73. The first-order valence-electron chi connectivity index (χ1n) is 14.6. The van der Waals surface area contributed by atoms with E-state index < -0.39 is 59.7 Å². The molecule has 1 aliphatic carbocycles. The third kappa shape index (κ3) is 6.54. The van der Waals surface area contributed by atoms with Gasteiger partial charge < -0.3 is 25.6 Å². The minimum absolute atomic E-state index is 0.0270. The molecule has 2 saturated heterocycles. The van der Waals surface area contributed by atoms with Gasteiger partial charge in [0.05, 0.1) is 11.1 Å². The van der Waals surface area contributed by atoms with E-state index in [-0.39, 0.29) is 34.9 Å². The van der Waals surface area contributed by atoms with Crippen molar-refractivity contribution in [3.05, 3.63) is 53.1 Å². The van der Waals surface area contributed by atoms with Gasteiger partial charge >= 0.3 is 0 Å². The summed E-state index contributed by atoms with van der Waals surface area (Å²) in [5.41, 5.74) is 0.931. The smallest absolute Gasteiger partial charge is 0.289 e. The summed E-state index contributed by atoms with van der Waals surface area (Å²) in [6.45, 7) is 0.369. The van der Waals surface area contributed by atoms with Gasteiger partial charge in [-0.3, -0.25) is 24.0 Å². The standard InChI is InChI=1S/C31H33ClF2N4O6/c1-35-31(43)28(40)24(13-18-9-10-36-29(18)41)37-30(42)27-20-4-2-3-19(20)14-38(27)26(39)15-44-25-8-6-16(11-21(25)32)17-5-7-22(33)23(34)12-17/h5-8,11-12,18-20,24,27H,2-4,9-10,13-15H2,1H3,(H,35,43)(H,36,41)(H,37,42)/t18-,19-,20-,24-,27-/m0/s1. The monoisotopic (exact) mass is 630 g/mol. The maximum Gasteiger partial charge on any atom is 0.289 e. The van der Waals surface area contributed by atoms with Crippen molar-refractivity contribution in [3.8, 4) is 16.9 Å². The molecule has 3 aliphatic rings. The number of hydrogen-bond donors (Lipinski definition) is 3. The molecule has 5 rings (SSSR count). The second-order valence-corrected chi connectivity index (χ2v) is 11.8. The van der Waals surface area contributed by atoms with Crippen LogP contribution >= 0.6 is 11.6 Å². The van der Waals surface area contributed by atoms with E-state index in [1.165, 1.54) is 30.1 Å². The summed E-state index contributed by atoms with van der Waals surface area (Å²) in [7, 11) is 1.31. The van der Waals surface area contributed by atoms with Crippen LogP contribution in [0.2, 0.25) is 5.02 Å². The Balaban J connectivity index is 1.28. The van der Waals surface area contributed by atoms with Crippen LogP contribution in [-0.4, -0.2) is 73.1 Å². The van der Waals surface area contributed by atoms with E-state index in [2.05, 4.69) is 16.0 Å². The third-order valence-corrected chi connectivity index (χ3v) is 9.08. The predicted octanol–water partition coefficient (Wildman–Crippen LogP) is 2.62. The first-order chi connectivity index (χ1) is 21.1. The Kier molecular flexibility index (Phi) is 9.48. The lowest BCUT2D eigenvalue weighted by Gasteiger charge is -2.29. The molecule has 0 aromatic heterocycles. The number of ether oxygens (including phenoxy) is 1. The van der Waals surface area contributed by atoms with Gasteiger partial charge in [-0.15, -0.1) is 0 Å². The Morgan fingerprint density at radius 1 is 1.07 bits per heavy atom. The van der Waals surface area contributed by atoms with E-state index in [1.807, 2.05) is 0 Å². The normalized spacial score (nSPS) is 23.1. The van der Waals surface area contributed by atoms with Crippen molar-refractivity contribution < 1.29 is 37.5 Å². The Bertz CT molecular complexity index is 1490. The first kappa shape index (κ1) is 31.4. The molecule has 0 radical (unpaired) electrons. The van der Waals surface area contributed by atoms with Gasteiger partial charge in [-0.05, 0) is 72.9 Å². The van der Waals surface area contributed by atoms with Gasteiger partial charge in [0.2, 0.25) is 17.6 Å². The molecule has 234 valence electrons. The summed E-state index contributed by atoms with van der Waals surface area (Å²) in [6, 6.07) is 6.01. The van der Waals surface area contributed by atoms with Crippen LogP contribution in [0, 0.1) is 29.4 Å². The van der Waals surface area contributed by atoms with Crippen LogP contribution in [0.1, 0.15) is 32.1 Å². The predicted molar refractivity (Wildman–Crippen MR) is 155 cm³/mol. The number of likely N-dealkylation sites (tertiary alicyclic amines) is 1. The molecule has 2 aliphatic heterocycles. The van der Waals surface area contributed by atoms with E-state index in [4.69, 9.17) is 16.3 Å². The van der Waals surface area contributed by atoms with E-state index in [0.717, 1.165) is 31.4 Å². The van der Waals surface area contributed by atoms with Gasteiger partial charge in [-0.25, -0.2) is 8.78 Å². The summed E-state index contributed by atoms with van der Waals surface area (Å²) in [4.78, 5) is 65.9. The Morgan fingerprint density at radius 2 is 1.82 bits per heavy atom. The number of likely N-dealkylation sites (N-methyl/N-ethyl adjacent to an activating group) is 1. The fourth-order valence-corrected chi connectivity index (χ4v) is 6.75. The van der Waals surface area contributed by atoms with Crippen LogP contribution in [0.3, 0.4) is 0 Å². The van der Waals surface area contributed by atoms with Crippen molar-refractivity contribution in [1.29, 1.82) is 0 Å². The van der Waals surface area contributed by atoms with Gasteiger partial charge in [0, 0.05) is 26.1 Å². The van der Waals surface area contributed by atoms with Gasteiger partial charge in [0.15, 0.2) is 18.2 Å². The number of ketones is 1. The van der Waals surface area contributed by atoms with Crippen molar-refractivity contribution in [2.24, 2.45) is 17.8 Å². The largest absolute Gasteiger partial charge is 0.482 e. The van der Waals surface area contributed by atoms with Gasteiger partial charge in [0.1, 0.15) is 11.8 Å². The zero-order chi connectivity index (χ0) is 31.5. The minimum atomic E-state index is -1.23. The molecule has 0 spiro atoms. The molecule has 2 heterocycles. The van der Waals surface area contributed by atoms with Crippen molar-refractivity contribution in [2.75, 3.05) is 26.7 Å². The average molecular weight is 631 g/mol. The van der Waals surface area contributed by atoms with Crippen molar-refractivity contribution in [2.45, 2.75) is 44.2 Å². The fourth-order valence-electron chi connectivity index (χ4n) is 6.52. The number of carbonyl (C=O) groups is 5. The number of nitrogens with zero attached hydrogens (tertiary/aromatic N) is 1. The SMILES string of the molecule is CNC(=O)C(=O)[C@H](C[C@@H]1CCNC1=O)NC(=O)[C@@H]1[C@H]2CCC[C@H]2CN1C(=O)COc1ccc(-c2ccc(F)c(F)c2)cc1Cl. The van der Waals surface area contributed by atoms with Crippen LogP contribution < -0.4 is 20.7 Å². The van der Waals surface area contributed by atoms with E-state index in [9.17, 15) is 32.8 Å². The maximum atomic E-state index is 13.7. The zero-order valence-electron chi connectivity index (χ0n) is 24.0. The number of nitrogens with one attached hydrogen (secondary N) is 3. The van der Waals surface area contributed by atoms with E-state index in [1.54, 1.807) is 6.07 Å². The number of benzene rings is 2. The lowest BCUT2D eigenvalue weighted by atomic mass is 9.91. The summed E-state index contributed by atoms with van der Waals surface area (Å²) in [6.07, 6.45) is 2.93. The summed E-state index contributed by atoms with van der Waals surface area (Å²) < 4.78 is 32.7. The number of rotatable bonds is 10. The van der Waals surface area contributed by atoms with Crippen LogP contribution in [0.5, 0.6) is 5.75 Å².